The highest BCUT2D eigenvalue weighted by Gasteiger charge is 2.19. The molecule has 3 rings (SSSR count). The predicted octanol–water partition coefficient (Wildman–Crippen LogP) is 2.60. The number of aromatic nitrogens is 1. The predicted molar refractivity (Wildman–Crippen MR) is 97.4 cm³/mol. The van der Waals surface area contributed by atoms with Gasteiger partial charge in [0.15, 0.2) is 0 Å². The molecule has 5 nitrogen and oxygen atoms in total. The molecule has 25 heavy (non-hydrogen) atoms. The highest BCUT2D eigenvalue weighted by atomic mass is 19.1. The SMILES string of the molecule is Cc1ccc(C)c(NC(=O)CN2CCN(c3ccnc(F)c3)CC2)c1. The minimum absolute atomic E-state index is 0.00268. The first-order chi connectivity index (χ1) is 12.0. The van der Waals surface area contributed by atoms with Crippen molar-refractivity contribution in [1.29, 1.82) is 0 Å². The van der Waals surface area contributed by atoms with Gasteiger partial charge >= 0.3 is 0 Å². The molecule has 1 fully saturated rings. The van der Waals surface area contributed by atoms with Crippen molar-refractivity contribution in [3.63, 3.8) is 0 Å². The largest absolute Gasteiger partial charge is 0.369 e. The van der Waals surface area contributed by atoms with E-state index in [0.717, 1.165) is 48.7 Å². The topological polar surface area (TPSA) is 48.5 Å². The van der Waals surface area contributed by atoms with E-state index in [2.05, 4.69) is 20.1 Å². The average molecular weight is 342 g/mol. The second-order valence-corrected chi connectivity index (χ2v) is 6.47. The number of aryl methyl sites for hydroxylation is 2. The van der Waals surface area contributed by atoms with Gasteiger partial charge in [-0.2, -0.15) is 4.39 Å². The van der Waals surface area contributed by atoms with Gasteiger partial charge in [-0.05, 0) is 37.1 Å². The molecule has 1 aromatic heterocycles. The molecule has 1 aromatic carbocycles. The maximum absolute atomic E-state index is 13.2. The molecule has 0 unspecified atom stereocenters. The van der Waals surface area contributed by atoms with Crippen LogP contribution in [0.2, 0.25) is 0 Å². The van der Waals surface area contributed by atoms with E-state index < -0.39 is 5.95 Å². The molecule has 0 bridgehead atoms. The summed E-state index contributed by atoms with van der Waals surface area (Å²) in [6.07, 6.45) is 1.48. The maximum Gasteiger partial charge on any atom is 0.238 e. The molecule has 0 atom stereocenters. The van der Waals surface area contributed by atoms with Gasteiger partial charge in [-0.15, -0.1) is 0 Å². The Bertz CT molecular complexity index is 757. The van der Waals surface area contributed by atoms with Crippen molar-refractivity contribution >= 4 is 17.3 Å². The number of amides is 1. The zero-order valence-electron chi connectivity index (χ0n) is 14.6. The first kappa shape index (κ1) is 17.4. The number of halogens is 1. The molecule has 0 spiro atoms. The normalized spacial score (nSPS) is 15.2. The van der Waals surface area contributed by atoms with E-state index in [1.807, 2.05) is 38.1 Å². The lowest BCUT2D eigenvalue weighted by molar-refractivity contribution is -0.117. The number of piperazine rings is 1. The highest BCUT2D eigenvalue weighted by molar-refractivity contribution is 5.93. The van der Waals surface area contributed by atoms with Crippen LogP contribution in [0.4, 0.5) is 15.8 Å². The number of nitrogens with one attached hydrogen (secondary N) is 1. The summed E-state index contributed by atoms with van der Waals surface area (Å²) in [5.74, 6) is -0.468. The van der Waals surface area contributed by atoms with Crippen LogP contribution >= 0.6 is 0 Å². The molecule has 1 aliphatic rings. The summed E-state index contributed by atoms with van der Waals surface area (Å²) >= 11 is 0. The third kappa shape index (κ3) is 4.54. The fraction of sp³-hybridized carbons (Fsp3) is 0.368. The number of benzene rings is 1. The molecular formula is C19H23FN4O. The first-order valence-corrected chi connectivity index (χ1v) is 8.47. The molecule has 0 saturated carbocycles. The summed E-state index contributed by atoms with van der Waals surface area (Å²) in [5.41, 5.74) is 3.89. The molecule has 132 valence electrons. The molecule has 0 aliphatic carbocycles. The van der Waals surface area contributed by atoms with Crippen LogP contribution in [0.15, 0.2) is 36.5 Å². The number of hydrogen-bond donors (Lipinski definition) is 1. The summed E-state index contributed by atoms with van der Waals surface area (Å²) in [7, 11) is 0. The fourth-order valence-electron chi connectivity index (χ4n) is 3.02. The smallest absolute Gasteiger partial charge is 0.238 e. The van der Waals surface area contributed by atoms with E-state index in [4.69, 9.17) is 0 Å². The van der Waals surface area contributed by atoms with Crippen molar-refractivity contribution in [2.75, 3.05) is 42.9 Å². The van der Waals surface area contributed by atoms with Gasteiger partial charge in [-0.1, -0.05) is 12.1 Å². The van der Waals surface area contributed by atoms with Crippen LogP contribution in [0.1, 0.15) is 11.1 Å². The zero-order chi connectivity index (χ0) is 17.8. The standard InChI is InChI=1S/C19H23FN4O/c1-14-3-4-15(2)17(11-14)22-19(25)13-23-7-9-24(10-8-23)16-5-6-21-18(20)12-16/h3-6,11-12H,7-10,13H2,1-2H3,(H,22,25). The van der Waals surface area contributed by atoms with Crippen molar-refractivity contribution < 1.29 is 9.18 Å². The Balaban J connectivity index is 1.52. The summed E-state index contributed by atoms with van der Waals surface area (Å²) in [6.45, 7) is 7.43. The number of anilines is 2. The molecule has 1 N–H and O–H groups in total. The Hall–Kier alpha value is -2.47. The highest BCUT2D eigenvalue weighted by Crippen LogP contribution is 2.18. The van der Waals surface area contributed by atoms with Gasteiger partial charge in [0, 0.05) is 49.8 Å². The second-order valence-electron chi connectivity index (χ2n) is 6.47. The maximum atomic E-state index is 13.2. The van der Waals surface area contributed by atoms with Gasteiger partial charge in [-0.25, -0.2) is 4.98 Å². The van der Waals surface area contributed by atoms with E-state index in [1.165, 1.54) is 12.3 Å². The molecule has 1 saturated heterocycles. The van der Waals surface area contributed by atoms with Gasteiger partial charge < -0.3 is 10.2 Å². The van der Waals surface area contributed by atoms with Crippen LogP contribution in [-0.2, 0) is 4.79 Å². The van der Waals surface area contributed by atoms with Crippen LogP contribution in [0.25, 0.3) is 0 Å². The average Bonchev–Trinajstić information content (AvgIpc) is 2.59. The van der Waals surface area contributed by atoms with Crippen molar-refractivity contribution in [3.05, 3.63) is 53.6 Å². The number of hydrogen-bond acceptors (Lipinski definition) is 4. The lowest BCUT2D eigenvalue weighted by Gasteiger charge is -2.35. The summed E-state index contributed by atoms with van der Waals surface area (Å²) in [6, 6.07) is 9.29. The Morgan fingerprint density at radius 1 is 1.16 bits per heavy atom. The quantitative estimate of drug-likeness (QED) is 0.868. The number of rotatable bonds is 4. The third-order valence-corrected chi connectivity index (χ3v) is 4.48. The fourth-order valence-corrected chi connectivity index (χ4v) is 3.02. The van der Waals surface area contributed by atoms with Crippen LogP contribution in [-0.4, -0.2) is 48.5 Å². The zero-order valence-corrected chi connectivity index (χ0v) is 14.6. The Labute approximate surface area is 147 Å². The Morgan fingerprint density at radius 3 is 2.64 bits per heavy atom. The lowest BCUT2D eigenvalue weighted by atomic mass is 10.1. The van der Waals surface area contributed by atoms with E-state index >= 15 is 0 Å². The molecule has 2 aromatic rings. The molecule has 6 heteroatoms. The minimum atomic E-state index is -0.465. The Morgan fingerprint density at radius 2 is 1.92 bits per heavy atom. The van der Waals surface area contributed by atoms with Gasteiger partial charge in [0.2, 0.25) is 11.9 Å². The molecule has 2 heterocycles. The van der Waals surface area contributed by atoms with Gasteiger partial charge in [0.25, 0.3) is 0 Å². The van der Waals surface area contributed by atoms with Gasteiger partial charge in [-0.3, -0.25) is 9.69 Å². The van der Waals surface area contributed by atoms with Gasteiger partial charge in [0.1, 0.15) is 0 Å². The monoisotopic (exact) mass is 342 g/mol. The van der Waals surface area contributed by atoms with Crippen molar-refractivity contribution in [2.24, 2.45) is 0 Å². The van der Waals surface area contributed by atoms with Gasteiger partial charge in [0.05, 0.1) is 6.54 Å². The Kier molecular flexibility index (Phi) is 5.28. The van der Waals surface area contributed by atoms with Crippen molar-refractivity contribution in [2.45, 2.75) is 13.8 Å². The number of carbonyl (C=O) groups excluding carboxylic acids is 1. The van der Waals surface area contributed by atoms with Crippen LogP contribution < -0.4 is 10.2 Å². The number of carbonyl (C=O) groups is 1. The third-order valence-electron chi connectivity index (χ3n) is 4.48. The van der Waals surface area contributed by atoms with Crippen molar-refractivity contribution in [1.82, 2.24) is 9.88 Å². The van der Waals surface area contributed by atoms with Crippen LogP contribution in [0.3, 0.4) is 0 Å². The van der Waals surface area contributed by atoms with E-state index in [-0.39, 0.29) is 5.91 Å². The second kappa shape index (κ2) is 7.61. The summed E-state index contributed by atoms with van der Waals surface area (Å²) in [4.78, 5) is 20.1. The van der Waals surface area contributed by atoms with Crippen molar-refractivity contribution in [3.8, 4) is 0 Å². The molecule has 1 amide bonds. The molecule has 1 aliphatic heterocycles. The summed E-state index contributed by atoms with van der Waals surface area (Å²) < 4.78 is 13.2. The van der Waals surface area contributed by atoms with E-state index in [1.54, 1.807) is 0 Å². The number of pyridine rings is 1. The van der Waals surface area contributed by atoms with E-state index in [9.17, 15) is 9.18 Å². The van der Waals surface area contributed by atoms with E-state index in [0.29, 0.717) is 6.54 Å². The minimum Gasteiger partial charge on any atom is -0.369 e. The number of nitrogens with zero attached hydrogens (tertiary/aromatic N) is 3. The molecule has 0 radical (unpaired) electrons. The van der Waals surface area contributed by atoms with Crippen LogP contribution in [0, 0.1) is 19.8 Å². The lowest BCUT2D eigenvalue weighted by Crippen LogP contribution is -2.48. The summed E-state index contributed by atoms with van der Waals surface area (Å²) in [5, 5.41) is 3.00. The van der Waals surface area contributed by atoms with Crippen LogP contribution in [0.5, 0.6) is 0 Å². The molecular weight excluding hydrogens is 319 g/mol. The first-order valence-electron chi connectivity index (χ1n) is 8.47.